The Hall–Kier alpha value is -1.36. The van der Waals surface area contributed by atoms with Gasteiger partial charge in [-0.15, -0.1) is 0 Å². The molecule has 2 rings (SSSR count). The van der Waals surface area contributed by atoms with E-state index in [0.29, 0.717) is 6.54 Å². The molecule has 0 aliphatic rings. The molecule has 2 aromatic rings. The van der Waals surface area contributed by atoms with E-state index in [4.69, 9.17) is 4.52 Å². The average molecular weight is 268 g/mol. The molecule has 0 atom stereocenters. The van der Waals surface area contributed by atoms with Crippen LogP contribution in [-0.4, -0.2) is 10.1 Å². The molecule has 5 heteroatoms. The first-order valence-electron chi connectivity index (χ1n) is 4.52. The smallest absolute Gasteiger partial charge is 0.155 e. The molecule has 0 spiro atoms. The molecule has 0 aliphatic heterocycles. The summed E-state index contributed by atoms with van der Waals surface area (Å²) in [5.41, 5.74) is 1.14. The molecule has 0 fully saturated rings. The van der Waals surface area contributed by atoms with Gasteiger partial charge in [-0.2, -0.15) is 0 Å². The molecule has 78 valence electrons. The molecule has 0 saturated carbocycles. The van der Waals surface area contributed by atoms with Crippen molar-refractivity contribution in [1.29, 1.82) is 0 Å². The van der Waals surface area contributed by atoms with Gasteiger partial charge in [0.1, 0.15) is 5.82 Å². The summed E-state index contributed by atoms with van der Waals surface area (Å²) >= 11 is 3.47. The van der Waals surface area contributed by atoms with Crippen molar-refractivity contribution in [3.8, 4) is 0 Å². The van der Waals surface area contributed by atoms with E-state index in [1.54, 1.807) is 12.4 Å². The number of hydrogen-bond acceptors (Lipinski definition) is 4. The fourth-order valence-corrected chi connectivity index (χ4v) is 1.54. The fraction of sp³-hybridized carbons (Fsp3) is 0.200. The van der Waals surface area contributed by atoms with E-state index in [0.717, 1.165) is 21.6 Å². The van der Waals surface area contributed by atoms with Crippen molar-refractivity contribution in [2.45, 2.75) is 13.5 Å². The minimum absolute atomic E-state index is 0.578. The van der Waals surface area contributed by atoms with Crippen LogP contribution < -0.4 is 5.32 Å². The zero-order valence-electron chi connectivity index (χ0n) is 8.20. The highest BCUT2D eigenvalue weighted by Gasteiger charge is 2.04. The first kappa shape index (κ1) is 10.2. The molecular formula is C10H10BrN3O. The van der Waals surface area contributed by atoms with Crippen molar-refractivity contribution < 1.29 is 4.52 Å². The van der Waals surface area contributed by atoms with Gasteiger partial charge in [-0.1, -0.05) is 5.16 Å². The maximum atomic E-state index is 4.97. The largest absolute Gasteiger partial charge is 0.362 e. The summed E-state index contributed by atoms with van der Waals surface area (Å²) < 4.78 is 5.95. The number of hydrogen-bond donors (Lipinski definition) is 1. The average Bonchev–Trinajstić information content (AvgIpc) is 2.73. The van der Waals surface area contributed by atoms with Crippen LogP contribution in [0.5, 0.6) is 0 Å². The molecule has 0 unspecified atom stereocenters. The third-order valence-corrected chi connectivity index (χ3v) is 3.00. The Morgan fingerprint density at radius 1 is 1.40 bits per heavy atom. The van der Waals surface area contributed by atoms with Crippen molar-refractivity contribution in [2.75, 3.05) is 5.32 Å². The Morgan fingerprint density at radius 2 is 2.27 bits per heavy atom. The number of nitrogens with zero attached hydrogens (tertiary/aromatic N) is 2. The monoisotopic (exact) mass is 267 g/mol. The summed E-state index contributed by atoms with van der Waals surface area (Å²) in [6.45, 7) is 2.60. The van der Waals surface area contributed by atoms with Crippen LogP contribution in [0.3, 0.4) is 0 Å². The quantitative estimate of drug-likeness (QED) is 0.929. The van der Waals surface area contributed by atoms with Crippen LogP contribution in [0.4, 0.5) is 5.82 Å². The lowest BCUT2D eigenvalue weighted by molar-refractivity contribution is 0.388. The van der Waals surface area contributed by atoms with E-state index in [1.807, 2.05) is 19.1 Å². The lowest BCUT2D eigenvalue weighted by Crippen LogP contribution is -2.01. The van der Waals surface area contributed by atoms with Crippen molar-refractivity contribution in [3.05, 3.63) is 40.3 Å². The van der Waals surface area contributed by atoms with Crippen LogP contribution in [0, 0.1) is 6.92 Å². The summed E-state index contributed by atoms with van der Waals surface area (Å²) in [5, 5.41) is 6.79. The first-order chi connectivity index (χ1) is 7.27. The van der Waals surface area contributed by atoms with Gasteiger partial charge in [0.15, 0.2) is 5.76 Å². The van der Waals surface area contributed by atoms with Gasteiger partial charge in [0.25, 0.3) is 0 Å². The topological polar surface area (TPSA) is 51.0 Å². The van der Waals surface area contributed by atoms with Crippen molar-refractivity contribution in [3.63, 3.8) is 0 Å². The summed E-state index contributed by atoms with van der Waals surface area (Å²) in [6, 6.07) is 3.76. The van der Waals surface area contributed by atoms with Crippen molar-refractivity contribution >= 4 is 21.7 Å². The number of aryl methyl sites for hydroxylation is 1. The SMILES string of the molecule is Cc1ccnc(NCc2ccno2)c1Br. The highest BCUT2D eigenvalue weighted by molar-refractivity contribution is 9.10. The molecule has 0 bridgehead atoms. The van der Waals surface area contributed by atoms with Gasteiger partial charge in [0, 0.05) is 12.3 Å². The Balaban J connectivity index is 2.08. The molecule has 1 N–H and O–H groups in total. The zero-order valence-corrected chi connectivity index (χ0v) is 9.78. The normalized spacial score (nSPS) is 10.3. The van der Waals surface area contributed by atoms with Gasteiger partial charge in [0.05, 0.1) is 17.2 Å². The lowest BCUT2D eigenvalue weighted by atomic mass is 10.3. The van der Waals surface area contributed by atoms with Gasteiger partial charge in [-0.3, -0.25) is 0 Å². The number of nitrogens with one attached hydrogen (secondary N) is 1. The van der Waals surface area contributed by atoms with Gasteiger partial charge in [-0.05, 0) is 34.5 Å². The maximum Gasteiger partial charge on any atom is 0.155 e. The highest BCUT2D eigenvalue weighted by atomic mass is 79.9. The molecule has 0 saturated heterocycles. The minimum atomic E-state index is 0.578. The number of rotatable bonds is 3. The summed E-state index contributed by atoms with van der Waals surface area (Å²) in [7, 11) is 0. The van der Waals surface area contributed by atoms with Crippen LogP contribution in [0.15, 0.2) is 33.5 Å². The first-order valence-corrected chi connectivity index (χ1v) is 5.31. The number of anilines is 1. The van der Waals surface area contributed by atoms with Gasteiger partial charge >= 0.3 is 0 Å². The fourth-order valence-electron chi connectivity index (χ4n) is 1.17. The van der Waals surface area contributed by atoms with E-state index in [9.17, 15) is 0 Å². The summed E-state index contributed by atoms with van der Waals surface area (Å²) in [4.78, 5) is 4.22. The Kier molecular flexibility index (Phi) is 3.01. The van der Waals surface area contributed by atoms with E-state index < -0.39 is 0 Å². The highest BCUT2D eigenvalue weighted by Crippen LogP contribution is 2.23. The molecule has 0 radical (unpaired) electrons. The minimum Gasteiger partial charge on any atom is -0.362 e. The van der Waals surface area contributed by atoms with Crippen LogP contribution in [-0.2, 0) is 6.54 Å². The molecular weight excluding hydrogens is 258 g/mol. The Morgan fingerprint density at radius 3 is 3.00 bits per heavy atom. The number of pyridine rings is 1. The number of aromatic nitrogens is 2. The second-order valence-corrected chi connectivity index (χ2v) is 3.92. The van der Waals surface area contributed by atoms with Crippen LogP contribution in [0.1, 0.15) is 11.3 Å². The standard InChI is InChI=1S/C10H10BrN3O/c1-7-2-4-12-10(9(7)11)13-6-8-3-5-14-15-8/h2-5H,6H2,1H3,(H,12,13). The summed E-state index contributed by atoms with van der Waals surface area (Å²) in [5.74, 6) is 1.59. The van der Waals surface area contributed by atoms with Crippen molar-refractivity contribution in [1.82, 2.24) is 10.1 Å². The second-order valence-electron chi connectivity index (χ2n) is 3.12. The van der Waals surface area contributed by atoms with Crippen molar-refractivity contribution in [2.24, 2.45) is 0 Å². The van der Waals surface area contributed by atoms with Gasteiger partial charge in [-0.25, -0.2) is 4.98 Å². The molecule has 15 heavy (non-hydrogen) atoms. The maximum absolute atomic E-state index is 4.97. The Labute approximate surface area is 95.8 Å². The molecule has 0 amide bonds. The van der Waals surface area contributed by atoms with Crippen LogP contribution in [0.2, 0.25) is 0 Å². The third-order valence-electron chi connectivity index (χ3n) is 2.00. The predicted octanol–water partition coefficient (Wildman–Crippen LogP) is 2.75. The van der Waals surface area contributed by atoms with Gasteiger partial charge < -0.3 is 9.84 Å². The zero-order chi connectivity index (χ0) is 10.7. The second kappa shape index (κ2) is 4.44. The van der Waals surface area contributed by atoms with Crippen LogP contribution in [0.25, 0.3) is 0 Å². The molecule has 0 aliphatic carbocycles. The number of halogens is 1. The molecule has 2 aromatic heterocycles. The molecule has 4 nitrogen and oxygen atoms in total. The van der Waals surface area contributed by atoms with Gasteiger partial charge in [0.2, 0.25) is 0 Å². The third kappa shape index (κ3) is 2.36. The van der Waals surface area contributed by atoms with E-state index in [1.165, 1.54) is 0 Å². The summed E-state index contributed by atoms with van der Waals surface area (Å²) in [6.07, 6.45) is 3.39. The van der Waals surface area contributed by atoms with Crippen LogP contribution >= 0.6 is 15.9 Å². The van der Waals surface area contributed by atoms with E-state index in [2.05, 4.69) is 31.4 Å². The lowest BCUT2D eigenvalue weighted by Gasteiger charge is -2.06. The predicted molar refractivity (Wildman–Crippen MR) is 60.5 cm³/mol. The van der Waals surface area contributed by atoms with E-state index in [-0.39, 0.29) is 0 Å². The van der Waals surface area contributed by atoms with E-state index >= 15 is 0 Å². The molecule has 0 aromatic carbocycles. The molecule has 2 heterocycles. The Bertz CT molecular complexity index is 442.